The van der Waals surface area contributed by atoms with Gasteiger partial charge in [-0.3, -0.25) is 9.69 Å². The number of aliphatic hydroxyl groups excluding tert-OH is 1. The molecule has 1 fully saturated rings. The van der Waals surface area contributed by atoms with E-state index in [1.54, 1.807) is 29.2 Å². The topological polar surface area (TPSA) is 83.2 Å². The molecule has 0 aliphatic carbocycles. The van der Waals surface area contributed by atoms with Crippen LogP contribution in [0.3, 0.4) is 0 Å². The molecular weight excluding hydrogens is 535 g/mol. The van der Waals surface area contributed by atoms with Gasteiger partial charge in [0.05, 0.1) is 31.6 Å². The van der Waals surface area contributed by atoms with Crippen LogP contribution in [0, 0.1) is 13.8 Å². The van der Waals surface area contributed by atoms with Gasteiger partial charge in [-0.15, -0.1) is 0 Å². The third kappa shape index (κ3) is 5.39. The maximum atomic E-state index is 14.3. The van der Waals surface area contributed by atoms with Gasteiger partial charge in [0, 0.05) is 36.8 Å². The fourth-order valence-corrected chi connectivity index (χ4v) is 5.62. The smallest absolute Gasteiger partial charge is 0.433 e. The van der Waals surface area contributed by atoms with Gasteiger partial charge < -0.3 is 14.7 Å². The van der Waals surface area contributed by atoms with E-state index in [-0.39, 0.29) is 41.2 Å². The predicted octanol–water partition coefficient (Wildman–Crippen LogP) is 4.92. The number of benzene rings is 2. The monoisotopic (exact) mass is 567 g/mol. The fourth-order valence-electron chi connectivity index (χ4n) is 5.62. The number of alkyl halides is 3. The van der Waals surface area contributed by atoms with Crippen LogP contribution in [0.1, 0.15) is 45.7 Å². The molecule has 2 aromatic carbocycles. The first-order valence-corrected chi connectivity index (χ1v) is 13.4. The van der Waals surface area contributed by atoms with Crippen LogP contribution in [-0.2, 0) is 6.18 Å². The summed E-state index contributed by atoms with van der Waals surface area (Å²) in [5.74, 6) is 0.121. The van der Waals surface area contributed by atoms with Gasteiger partial charge >= 0.3 is 6.18 Å². The van der Waals surface area contributed by atoms with Crippen molar-refractivity contribution in [1.82, 2.24) is 24.4 Å². The van der Waals surface area contributed by atoms with E-state index in [1.165, 1.54) is 20.2 Å². The summed E-state index contributed by atoms with van der Waals surface area (Å²) >= 11 is 0. The van der Waals surface area contributed by atoms with Gasteiger partial charge in [0.2, 0.25) is 0 Å². The first-order chi connectivity index (χ1) is 19.5. The van der Waals surface area contributed by atoms with Gasteiger partial charge in [-0.25, -0.2) is 9.50 Å². The van der Waals surface area contributed by atoms with E-state index in [0.29, 0.717) is 30.9 Å². The summed E-state index contributed by atoms with van der Waals surface area (Å²) in [6.45, 7) is 6.48. The van der Waals surface area contributed by atoms with Crippen LogP contribution in [0.15, 0.2) is 54.7 Å². The van der Waals surface area contributed by atoms with E-state index >= 15 is 0 Å². The van der Waals surface area contributed by atoms with Gasteiger partial charge in [0.15, 0.2) is 11.3 Å². The molecule has 0 radical (unpaired) electrons. The Bertz CT molecular complexity index is 1570. The Hall–Kier alpha value is -3.96. The Balaban J connectivity index is 1.49. The maximum absolute atomic E-state index is 14.3. The second-order valence-electron chi connectivity index (χ2n) is 10.4. The highest BCUT2D eigenvalue weighted by Gasteiger charge is 2.39. The van der Waals surface area contributed by atoms with Gasteiger partial charge in [-0.2, -0.15) is 18.3 Å². The van der Waals surface area contributed by atoms with Crippen LogP contribution >= 0.6 is 0 Å². The van der Waals surface area contributed by atoms with Crippen LogP contribution in [-0.4, -0.2) is 74.8 Å². The molecule has 4 aromatic rings. The van der Waals surface area contributed by atoms with Crippen molar-refractivity contribution < 1.29 is 27.8 Å². The number of halogens is 3. The first-order valence-electron chi connectivity index (χ1n) is 13.4. The summed E-state index contributed by atoms with van der Waals surface area (Å²) in [4.78, 5) is 22.1. The van der Waals surface area contributed by atoms with Crippen LogP contribution < -0.4 is 4.74 Å². The van der Waals surface area contributed by atoms with Crippen LogP contribution in [0.5, 0.6) is 5.75 Å². The number of ether oxygens (including phenoxy) is 1. The van der Waals surface area contributed by atoms with Gasteiger partial charge in [0.1, 0.15) is 11.3 Å². The molecule has 8 nitrogen and oxygen atoms in total. The molecular formula is C30H32F3N5O3. The van der Waals surface area contributed by atoms with Crippen molar-refractivity contribution in [1.29, 1.82) is 0 Å². The lowest BCUT2D eigenvalue weighted by molar-refractivity contribution is -0.143. The SMILES string of the molecule is COc1ccc(-c2nc3c(C(=O)N4CCN([C@@H](CO)c5cccc(C)c5)C[C@H]4C)cnn3c(C(F)(F)F)c2C)cc1. The average molecular weight is 568 g/mol. The Labute approximate surface area is 236 Å². The van der Waals surface area contributed by atoms with Gasteiger partial charge in [-0.05, 0) is 50.6 Å². The molecule has 1 amide bonds. The summed E-state index contributed by atoms with van der Waals surface area (Å²) in [6, 6.07) is 14.0. The Morgan fingerprint density at radius 1 is 1.15 bits per heavy atom. The van der Waals surface area contributed by atoms with Crippen LogP contribution in [0.2, 0.25) is 0 Å². The quantitative estimate of drug-likeness (QED) is 0.356. The summed E-state index contributed by atoms with van der Waals surface area (Å²) in [5.41, 5.74) is 1.44. The number of hydrogen-bond donors (Lipinski definition) is 1. The van der Waals surface area contributed by atoms with E-state index in [2.05, 4.69) is 15.0 Å². The lowest BCUT2D eigenvalue weighted by atomic mass is 10.0. The van der Waals surface area contributed by atoms with Crippen molar-refractivity contribution >= 4 is 11.6 Å². The fraction of sp³-hybridized carbons (Fsp3) is 0.367. The average Bonchev–Trinajstić information content (AvgIpc) is 3.35. The number of aromatic nitrogens is 3. The molecule has 0 saturated carbocycles. The van der Waals surface area contributed by atoms with E-state index in [4.69, 9.17) is 4.74 Å². The number of hydrogen-bond acceptors (Lipinski definition) is 6. The Kier molecular flexibility index (Phi) is 7.76. The van der Waals surface area contributed by atoms with E-state index < -0.39 is 17.8 Å². The maximum Gasteiger partial charge on any atom is 0.433 e. The second-order valence-corrected chi connectivity index (χ2v) is 10.4. The summed E-state index contributed by atoms with van der Waals surface area (Å²) in [5, 5.41) is 14.2. The summed E-state index contributed by atoms with van der Waals surface area (Å²) in [7, 11) is 1.50. The molecule has 1 N–H and O–H groups in total. The Morgan fingerprint density at radius 2 is 1.88 bits per heavy atom. The highest BCUT2D eigenvalue weighted by Crippen LogP contribution is 2.37. The molecule has 5 rings (SSSR count). The number of methoxy groups -OCH3 is 1. The molecule has 0 bridgehead atoms. The molecule has 41 heavy (non-hydrogen) atoms. The number of nitrogens with zero attached hydrogens (tertiary/aromatic N) is 5. The summed E-state index contributed by atoms with van der Waals surface area (Å²) in [6.07, 6.45) is -3.56. The van der Waals surface area contributed by atoms with Crippen molar-refractivity contribution in [2.24, 2.45) is 0 Å². The third-order valence-corrected chi connectivity index (χ3v) is 7.71. The molecule has 1 aliphatic heterocycles. The molecule has 2 aromatic heterocycles. The zero-order valence-electron chi connectivity index (χ0n) is 23.3. The predicted molar refractivity (Wildman–Crippen MR) is 148 cm³/mol. The minimum Gasteiger partial charge on any atom is -0.497 e. The number of amides is 1. The highest BCUT2D eigenvalue weighted by molar-refractivity contribution is 6.00. The molecule has 3 heterocycles. The number of aliphatic hydroxyl groups is 1. The second kappa shape index (κ2) is 11.1. The van der Waals surface area contributed by atoms with Crippen molar-refractivity contribution in [2.75, 3.05) is 33.4 Å². The lowest BCUT2D eigenvalue weighted by Gasteiger charge is -2.43. The van der Waals surface area contributed by atoms with E-state index in [9.17, 15) is 23.1 Å². The highest BCUT2D eigenvalue weighted by atomic mass is 19.4. The van der Waals surface area contributed by atoms with Crippen molar-refractivity contribution in [3.05, 3.63) is 82.7 Å². The molecule has 0 spiro atoms. The number of piperazine rings is 1. The normalized spacial score (nSPS) is 17.2. The minimum absolute atomic E-state index is 0.00274. The van der Waals surface area contributed by atoms with Crippen LogP contribution in [0.25, 0.3) is 16.9 Å². The molecule has 2 atom stereocenters. The number of carbonyl (C=O) groups excluding carboxylic acids is 1. The Morgan fingerprint density at radius 3 is 2.49 bits per heavy atom. The molecule has 0 unspecified atom stereocenters. The van der Waals surface area contributed by atoms with Crippen molar-refractivity contribution in [3.8, 4) is 17.0 Å². The minimum atomic E-state index is -4.73. The van der Waals surface area contributed by atoms with E-state index in [0.717, 1.165) is 15.6 Å². The molecule has 11 heteroatoms. The lowest BCUT2D eigenvalue weighted by Crippen LogP contribution is -2.55. The van der Waals surface area contributed by atoms with Crippen molar-refractivity contribution in [2.45, 2.75) is 39.0 Å². The molecule has 1 aliphatic rings. The van der Waals surface area contributed by atoms with Crippen molar-refractivity contribution in [3.63, 3.8) is 0 Å². The number of aryl methyl sites for hydroxylation is 1. The zero-order valence-corrected chi connectivity index (χ0v) is 23.3. The first kappa shape index (κ1) is 28.6. The van der Waals surface area contributed by atoms with E-state index in [1.807, 2.05) is 38.1 Å². The zero-order chi connectivity index (χ0) is 29.5. The molecule has 1 saturated heterocycles. The third-order valence-electron chi connectivity index (χ3n) is 7.71. The number of fused-ring (bicyclic) bond motifs is 1. The van der Waals surface area contributed by atoms with Gasteiger partial charge in [0.25, 0.3) is 5.91 Å². The van der Waals surface area contributed by atoms with Crippen LogP contribution in [0.4, 0.5) is 13.2 Å². The number of rotatable bonds is 6. The van der Waals surface area contributed by atoms with Gasteiger partial charge in [-0.1, -0.05) is 29.8 Å². The largest absolute Gasteiger partial charge is 0.497 e. The summed E-state index contributed by atoms with van der Waals surface area (Å²) < 4.78 is 48.8. The number of carbonyl (C=O) groups is 1. The molecule has 216 valence electrons. The standard InChI is InChI=1S/C30H32F3N5O3/c1-18-6-5-7-22(14-18)25(17-39)36-12-13-37(19(2)16-36)29(40)24-15-34-38-27(30(31,32)33)20(3)26(35-28(24)38)21-8-10-23(41-4)11-9-21/h5-11,14-15,19,25,39H,12-13,16-17H2,1-4H3/t19-,25+/m1/s1.